The standard InChI is InChI=1S/C15H18N2S/c1-11-6-7-12(2)14(9-11)18-15(10-16)13-5-3-4-8-17-13/h3-9,15H,10,16H2,1-2H3. The number of nitrogens with two attached hydrogens (primary N) is 1. The maximum atomic E-state index is 5.88. The van der Waals surface area contributed by atoms with Crippen LogP contribution in [0.1, 0.15) is 22.1 Å². The third-order valence-electron chi connectivity index (χ3n) is 2.84. The average molecular weight is 258 g/mol. The lowest BCUT2D eigenvalue weighted by atomic mass is 10.2. The van der Waals surface area contributed by atoms with Gasteiger partial charge in [0.1, 0.15) is 0 Å². The molecule has 0 amide bonds. The van der Waals surface area contributed by atoms with Crippen molar-refractivity contribution in [2.45, 2.75) is 24.0 Å². The Morgan fingerprint density at radius 1 is 1.22 bits per heavy atom. The summed E-state index contributed by atoms with van der Waals surface area (Å²) in [5.41, 5.74) is 9.50. The van der Waals surface area contributed by atoms with Crippen LogP contribution in [0.2, 0.25) is 0 Å². The second kappa shape index (κ2) is 6.03. The zero-order valence-corrected chi connectivity index (χ0v) is 11.6. The van der Waals surface area contributed by atoms with E-state index in [1.54, 1.807) is 11.8 Å². The fourth-order valence-electron chi connectivity index (χ4n) is 1.78. The van der Waals surface area contributed by atoms with Crippen LogP contribution in [-0.4, -0.2) is 11.5 Å². The molecule has 0 aliphatic carbocycles. The average Bonchev–Trinajstić information content (AvgIpc) is 2.41. The van der Waals surface area contributed by atoms with Gasteiger partial charge in [0, 0.05) is 17.6 Å². The van der Waals surface area contributed by atoms with E-state index in [4.69, 9.17) is 5.73 Å². The van der Waals surface area contributed by atoms with Crippen LogP contribution in [0.4, 0.5) is 0 Å². The van der Waals surface area contributed by atoms with Gasteiger partial charge in [0.05, 0.1) is 10.9 Å². The molecule has 18 heavy (non-hydrogen) atoms. The zero-order valence-electron chi connectivity index (χ0n) is 10.8. The summed E-state index contributed by atoms with van der Waals surface area (Å²) in [6.45, 7) is 4.84. The minimum Gasteiger partial charge on any atom is -0.329 e. The van der Waals surface area contributed by atoms with Gasteiger partial charge in [-0.3, -0.25) is 4.98 Å². The van der Waals surface area contributed by atoms with Gasteiger partial charge in [0.2, 0.25) is 0 Å². The van der Waals surface area contributed by atoms with Crippen LogP contribution in [0.15, 0.2) is 47.5 Å². The number of aromatic nitrogens is 1. The molecule has 2 aromatic rings. The topological polar surface area (TPSA) is 38.9 Å². The summed E-state index contributed by atoms with van der Waals surface area (Å²) < 4.78 is 0. The van der Waals surface area contributed by atoms with Crippen LogP contribution in [-0.2, 0) is 0 Å². The van der Waals surface area contributed by atoms with Gasteiger partial charge >= 0.3 is 0 Å². The van der Waals surface area contributed by atoms with Crippen LogP contribution in [0, 0.1) is 13.8 Å². The van der Waals surface area contributed by atoms with E-state index in [2.05, 4.69) is 37.0 Å². The largest absolute Gasteiger partial charge is 0.329 e. The molecule has 0 saturated heterocycles. The van der Waals surface area contributed by atoms with E-state index in [1.165, 1.54) is 16.0 Å². The van der Waals surface area contributed by atoms with Crippen molar-refractivity contribution in [3.63, 3.8) is 0 Å². The van der Waals surface area contributed by atoms with E-state index < -0.39 is 0 Å². The minimum atomic E-state index is 0.215. The number of nitrogens with zero attached hydrogens (tertiary/aromatic N) is 1. The summed E-state index contributed by atoms with van der Waals surface area (Å²) in [7, 11) is 0. The number of rotatable bonds is 4. The van der Waals surface area contributed by atoms with Gasteiger partial charge in [-0.2, -0.15) is 0 Å². The summed E-state index contributed by atoms with van der Waals surface area (Å²) >= 11 is 1.80. The second-order valence-electron chi connectivity index (χ2n) is 4.37. The number of thioether (sulfide) groups is 1. The lowest BCUT2D eigenvalue weighted by Crippen LogP contribution is -2.10. The van der Waals surface area contributed by atoms with Gasteiger partial charge in [-0.15, -0.1) is 11.8 Å². The van der Waals surface area contributed by atoms with Crippen molar-refractivity contribution in [3.8, 4) is 0 Å². The normalized spacial score (nSPS) is 12.4. The Morgan fingerprint density at radius 3 is 2.72 bits per heavy atom. The predicted molar refractivity (Wildman–Crippen MR) is 77.8 cm³/mol. The fourth-order valence-corrected chi connectivity index (χ4v) is 2.95. The first-order valence-corrected chi connectivity index (χ1v) is 6.93. The summed E-state index contributed by atoms with van der Waals surface area (Å²) in [6, 6.07) is 12.5. The van der Waals surface area contributed by atoms with Crippen molar-refractivity contribution in [2.24, 2.45) is 5.73 Å². The van der Waals surface area contributed by atoms with Crippen molar-refractivity contribution >= 4 is 11.8 Å². The lowest BCUT2D eigenvalue weighted by molar-refractivity contribution is 0.897. The molecule has 0 radical (unpaired) electrons. The Hall–Kier alpha value is -1.32. The summed E-state index contributed by atoms with van der Waals surface area (Å²) in [4.78, 5) is 5.69. The molecule has 0 bridgehead atoms. The summed E-state index contributed by atoms with van der Waals surface area (Å²) in [5.74, 6) is 0. The molecule has 1 aromatic carbocycles. The van der Waals surface area contributed by atoms with E-state index in [0.29, 0.717) is 6.54 Å². The number of aryl methyl sites for hydroxylation is 2. The van der Waals surface area contributed by atoms with Crippen molar-refractivity contribution in [2.75, 3.05) is 6.54 Å². The SMILES string of the molecule is Cc1ccc(C)c(SC(CN)c2ccccn2)c1. The first-order valence-electron chi connectivity index (χ1n) is 6.05. The van der Waals surface area contributed by atoms with Crippen molar-refractivity contribution in [3.05, 3.63) is 59.4 Å². The van der Waals surface area contributed by atoms with Crippen LogP contribution in [0.3, 0.4) is 0 Å². The highest BCUT2D eigenvalue weighted by Gasteiger charge is 2.13. The molecule has 3 heteroatoms. The van der Waals surface area contributed by atoms with Gasteiger partial charge in [0.25, 0.3) is 0 Å². The molecule has 2 nitrogen and oxygen atoms in total. The Kier molecular flexibility index (Phi) is 4.39. The maximum absolute atomic E-state index is 5.88. The van der Waals surface area contributed by atoms with Gasteiger partial charge in [-0.1, -0.05) is 23.8 Å². The lowest BCUT2D eigenvalue weighted by Gasteiger charge is -2.15. The Balaban J connectivity index is 2.23. The number of benzene rings is 1. The van der Waals surface area contributed by atoms with E-state index in [0.717, 1.165) is 5.69 Å². The predicted octanol–water partition coefficient (Wildman–Crippen LogP) is 3.49. The van der Waals surface area contributed by atoms with Crippen molar-refractivity contribution in [1.29, 1.82) is 0 Å². The van der Waals surface area contributed by atoms with Gasteiger partial charge < -0.3 is 5.73 Å². The fraction of sp³-hybridized carbons (Fsp3) is 0.267. The maximum Gasteiger partial charge on any atom is 0.0639 e. The first kappa shape index (κ1) is 13.1. The van der Waals surface area contributed by atoms with Crippen LogP contribution in [0.25, 0.3) is 0 Å². The third kappa shape index (κ3) is 3.12. The summed E-state index contributed by atoms with van der Waals surface area (Å²) in [6.07, 6.45) is 1.82. The molecule has 1 atom stereocenters. The highest BCUT2D eigenvalue weighted by atomic mass is 32.2. The highest BCUT2D eigenvalue weighted by Crippen LogP contribution is 2.35. The van der Waals surface area contributed by atoms with E-state index in [1.807, 2.05) is 24.4 Å². The Labute approximate surface area is 113 Å². The molecular formula is C15H18N2S. The quantitative estimate of drug-likeness (QED) is 0.853. The van der Waals surface area contributed by atoms with E-state index >= 15 is 0 Å². The molecule has 94 valence electrons. The van der Waals surface area contributed by atoms with Gasteiger partial charge in [0.15, 0.2) is 0 Å². The summed E-state index contributed by atoms with van der Waals surface area (Å²) in [5, 5.41) is 0.215. The second-order valence-corrected chi connectivity index (χ2v) is 5.61. The smallest absolute Gasteiger partial charge is 0.0639 e. The Bertz CT molecular complexity index is 511. The first-order chi connectivity index (χ1) is 8.70. The molecule has 2 N–H and O–H groups in total. The number of hydrogen-bond donors (Lipinski definition) is 1. The van der Waals surface area contributed by atoms with Gasteiger partial charge in [-0.05, 0) is 37.6 Å². The van der Waals surface area contributed by atoms with Crippen LogP contribution in [0.5, 0.6) is 0 Å². The monoisotopic (exact) mass is 258 g/mol. The molecule has 0 aliphatic rings. The van der Waals surface area contributed by atoms with Crippen LogP contribution >= 0.6 is 11.8 Å². The molecule has 0 fully saturated rings. The number of hydrogen-bond acceptors (Lipinski definition) is 3. The van der Waals surface area contributed by atoms with Gasteiger partial charge in [-0.25, -0.2) is 0 Å². The molecule has 2 rings (SSSR count). The van der Waals surface area contributed by atoms with Crippen LogP contribution < -0.4 is 5.73 Å². The zero-order chi connectivity index (χ0) is 13.0. The molecule has 0 saturated carbocycles. The molecular weight excluding hydrogens is 240 g/mol. The molecule has 1 heterocycles. The van der Waals surface area contributed by atoms with Crippen molar-refractivity contribution < 1.29 is 0 Å². The van der Waals surface area contributed by atoms with Crippen molar-refractivity contribution in [1.82, 2.24) is 4.98 Å². The number of pyridine rings is 1. The Morgan fingerprint density at radius 2 is 2.06 bits per heavy atom. The van der Waals surface area contributed by atoms with E-state index in [9.17, 15) is 0 Å². The highest BCUT2D eigenvalue weighted by molar-refractivity contribution is 7.99. The molecule has 0 aliphatic heterocycles. The minimum absolute atomic E-state index is 0.215. The van der Waals surface area contributed by atoms with E-state index in [-0.39, 0.29) is 5.25 Å². The molecule has 0 spiro atoms. The third-order valence-corrected chi connectivity index (χ3v) is 4.26. The molecule has 1 unspecified atom stereocenters. The molecule has 1 aromatic heterocycles.